The summed E-state index contributed by atoms with van der Waals surface area (Å²) < 4.78 is 0. The Balaban J connectivity index is 1.95. The van der Waals surface area contributed by atoms with E-state index in [1.54, 1.807) is 13.1 Å². The third-order valence-corrected chi connectivity index (χ3v) is 3.11. The van der Waals surface area contributed by atoms with Gasteiger partial charge in [-0.05, 0) is 25.0 Å². The molecule has 0 bridgehead atoms. The number of nitrogens with two attached hydrogens (primary N) is 1. The molecule has 92 valence electrons. The van der Waals surface area contributed by atoms with Gasteiger partial charge in [0.05, 0.1) is 0 Å². The number of nitrogen functional groups attached to an aromatic ring is 1. The van der Waals surface area contributed by atoms with Crippen LogP contribution < -0.4 is 16.0 Å². The van der Waals surface area contributed by atoms with Gasteiger partial charge in [0.1, 0.15) is 5.82 Å². The molecule has 6 heteroatoms. The standard InChI is InChI=1S/C11H17N5O/c1-13-11(17)8-4-6-16(7-5-8)10-3-2-9(12)14-15-10/h2-3,8H,4-7H2,1H3,(H2,12,14)(H,13,17). The largest absolute Gasteiger partial charge is 0.382 e. The number of nitrogens with one attached hydrogen (secondary N) is 1. The molecule has 2 heterocycles. The Labute approximate surface area is 100 Å². The molecule has 0 atom stereocenters. The van der Waals surface area contributed by atoms with Crippen molar-refractivity contribution in [3.05, 3.63) is 12.1 Å². The Morgan fingerprint density at radius 1 is 1.41 bits per heavy atom. The number of rotatable bonds is 2. The first-order valence-corrected chi connectivity index (χ1v) is 5.76. The maximum atomic E-state index is 11.5. The molecular formula is C11H17N5O. The SMILES string of the molecule is CNC(=O)C1CCN(c2ccc(N)nn2)CC1. The number of aromatic nitrogens is 2. The van der Waals surface area contributed by atoms with Gasteiger partial charge in [-0.2, -0.15) is 0 Å². The van der Waals surface area contributed by atoms with E-state index in [1.165, 1.54) is 0 Å². The predicted octanol–water partition coefficient (Wildman–Crippen LogP) is 0.0212. The van der Waals surface area contributed by atoms with Crippen molar-refractivity contribution in [1.82, 2.24) is 15.5 Å². The molecule has 6 nitrogen and oxygen atoms in total. The maximum absolute atomic E-state index is 11.5. The number of nitrogens with zero attached hydrogens (tertiary/aromatic N) is 3. The third kappa shape index (κ3) is 2.64. The molecule has 1 saturated heterocycles. The van der Waals surface area contributed by atoms with Crippen LogP contribution in [0.1, 0.15) is 12.8 Å². The van der Waals surface area contributed by atoms with Crippen LogP contribution in [-0.2, 0) is 4.79 Å². The molecule has 1 aliphatic heterocycles. The van der Waals surface area contributed by atoms with E-state index in [0.29, 0.717) is 5.82 Å². The van der Waals surface area contributed by atoms with Crippen LogP contribution >= 0.6 is 0 Å². The molecule has 0 spiro atoms. The molecule has 0 radical (unpaired) electrons. The number of anilines is 2. The molecule has 3 N–H and O–H groups in total. The molecule has 0 unspecified atom stereocenters. The van der Waals surface area contributed by atoms with Gasteiger partial charge in [-0.25, -0.2) is 0 Å². The Morgan fingerprint density at radius 2 is 2.12 bits per heavy atom. The number of hydrogen-bond donors (Lipinski definition) is 2. The minimum absolute atomic E-state index is 0.123. The monoisotopic (exact) mass is 235 g/mol. The molecule has 1 amide bonds. The van der Waals surface area contributed by atoms with E-state index in [4.69, 9.17) is 5.73 Å². The van der Waals surface area contributed by atoms with E-state index in [1.807, 2.05) is 6.07 Å². The van der Waals surface area contributed by atoms with Crippen molar-refractivity contribution in [1.29, 1.82) is 0 Å². The van der Waals surface area contributed by atoms with Gasteiger partial charge in [-0.15, -0.1) is 10.2 Å². The Kier molecular flexibility index (Phi) is 3.41. The average Bonchev–Trinajstić information content (AvgIpc) is 2.39. The van der Waals surface area contributed by atoms with Gasteiger partial charge in [-0.1, -0.05) is 0 Å². The first kappa shape index (κ1) is 11.6. The van der Waals surface area contributed by atoms with Crippen molar-refractivity contribution in [3.63, 3.8) is 0 Å². The number of hydrogen-bond acceptors (Lipinski definition) is 5. The summed E-state index contributed by atoms with van der Waals surface area (Å²) in [4.78, 5) is 13.6. The van der Waals surface area contributed by atoms with Crippen LogP contribution in [0, 0.1) is 5.92 Å². The zero-order valence-corrected chi connectivity index (χ0v) is 9.89. The van der Waals surface area contributed by atoms with Crippen LogP contribution in [0.4, 0.5) is 11.6 Å². The van der Waals surface area contributed by atoms with Crippen molar-refractivity contribution >= 4 is 17.5 Å². The second-order valence-corrected chi connectivity index (χ2v) is 4.19. The van der Waals surface area contributed by atoms with Gasteiger partial charge in [0.15, 0.2) is 5.82 Å². The van der Waals surface area contributed by atoms with Crippen LogP contribution in [0.25, 0.3) is 0 Å². The number of carbonyl (C=O) groups excluding carboxylic acids is 1. The molecule has 0 saturated carbocycles. The summed E-state index contributed by atoms with van der Waals surface area (Å²) in [6.07, 6.45) is 1.71. The van der Waals surface area contributed by atoms with Crippen molar-refractivity contribution < 1.29 is 4.79 Å². The minimum Gasteiger partial charge on any atom is -0.382 e. The highest BCUT2D eigenvalue weighted by molar-refractivity contribution is 5.78. The smallest absolute Gasteiger partial charge is 0.222 e. The number of carbonyl (C=O) groups is 1. The lowest BCUT2D eigenvalue weighted by atomic mass is 9.96. The van der Waals surface area contributed by atoms with E-state index in [-0.39, 0.29) is 11.8 Å². The van der Waals surface area contributed by atoms with Crippen LogP contribution in [0.2, 0.25) is 0 Å². The summed E-state index contributed by atoms with van der Waals surface area (Å²) in [5, 5.41) is 10.6. The summed E-state index contributed by atoms with van der Waals surface area (Å²) in [6.45, 7) is 1.66. The zero-order valence-electron chi connectivity index (χ0n) is 9.89. The second kappa shape index (κ2) is 4.99. The van der Waals surface area contributed by atoms with E-state index < -0.39 is 0 Å². The fourth-order valence-electron chi connectivity index (χ4n) is 2.08. The summed E-state index contributed by atoms with van der Waals surface area (Å²) in [5.41, 5.74) is 5.49. The molecule has 1 aromatic rings. The fraction of sp³-hybridized carbons (Fsp3) is 0.545. The lowest BCUT2D eigenvalue weighted by Crippen LogP contribution is -2.40. The van der Waals surface area contributed by atoms with E-state index >= 15 is 0 Å². The van der Waals surface area contributed by atoms with Crippen LogP contribution in [0.3, 0.4) is 0 Å². The molecule has 2 rings (SSSR count). The molecule has 1 aromatic heterocycles. The predicted molar refractivity (Wildman–Crippen MR) is 65.4 cm³/mol. The highest BCUT2D eigenvalue weighted by atomic mass is 16.1. The molecule has 0 aliphatic carbocycles. The fourth-order valence-corrected chi connectivity index (χ4v) is 2.08. The van der Waals surface area contributed by atoms with Crippen molar-refractivity contribution in [2.75, 3.05) is 30.8 Å². The Bertz CT molecular complexity index is 383. The first-order valence-electron chi connectivity index (χ1n) is 5.76. The number of amides is 1. The summed E-state index contributed by atoms with van der Waals surface area (Å²) in [5.74, 6) is 1.51. The van der Waals surface area contributed by atoms with Gasteiger partial charge in [0.25, 0.3) is 0 Å². The second-order valence-electron chi connectivity index (χ2n) is 4.19. The minimum atomic E-state index is 0.123. The lowest BCUT2D eigenvalue weighted by Gasteiger charge is -2.31. The lowest BCUT2D eigenvalue weighted by molar-refractivity contribution is -0.125. The zero-order chi connectivity index (χ0) is 12.3. The maximum Gasteiger partial charge on any atom is 0.222 e. The average molecular weight is 235 g/mol. The van der Waals surface area contributed by atoms with Gasteiger partial charge < -0.3 is 16.0 Å². The molecule has 0 aromatic carbocycles. The summed E-state index contributed by atoms with van der Waals surface area (Å²) >= 11 is 0. The molecule has 1 aliphatic rings. The van der Waals surface area contributed by atoms with Crippen LogP contribution in [-0.4, -0.2) is 36.2 Å². The highest BCUT2D eigenvalue weighted by Crippen LogP contribution is 2.21. The van der Waals surface area contributed by atoms with Crippen LogP contribution in [0.15, 0.2) is 12.1 Å². The highest BCUT2D eigenvalue weighted by Gasteiger charge is 2.24. The Hall–Kier alpha value is -1.85. The topological polar surface area (TPSA) is 84.1 Å². The molecular weight excluding hydrogens is 218 g/mol. The van der Waals surface area contributed by atoms with Gasteiger partial charge in [-0.3, -0.25) is 4.79 Å². The van der Waals surface area contributed by atoms with Crippen molar-refractivity contribution in [2.24, 2.45) is 5.92 Å². The van der Waals surface area contributed by atoms with E-state index in [0.717, 1.165) is 31.7 Å². The third-order valence-electron chi connectivity index (χ3n) is 3.11. The molecule has 17 heavy (non-hydrogen) atoms. The van der Waals surface area contributed by atoms with Crippen molar-refractivity contribution in [3.8, 4) is 0 Å². The molecule has 1 fully saturated rings. The van der Waals surface area contributed by atoms with E-state index in [9.17, 15) is 4.79 Å². The quantitative estimate of drug-likeness (QED) is 0.755. The van der Waals surface area contributed by atoms with Gasteiger partial charge in [0, 0.05) is 26.1 Å². The van der Waals surface area contributed by atoms with Crippen molar-refractivity contribution in [2.45, 2.75) is 12.8 Å². The van der Waals surface area contributed by atoms with Gasteiger partial charge in [0.2, 0.25) is 5.91 Å². The summed E-state index contributed by atoms with van der Waals surface area (Å²) in [6, 6.07) is 3.61. The Morgan fingerprint density at radius 3 is 2.65 bits per heavy atom. The van der Waals surface area contributed by atoms with Crippen LogP contribution in [0.5, 0.6) is 0 Å². The van der Waals surface area contributed by atoms with E-state index in [2.05, 4.69) is 20.4 Å². The normalized spacial score (nSPS) is 16.9. The van der Waals surface area contributed by atoms with Gasteiger partial charge >= 0.3 is 0 Å². The summed E-state index contributed by atoms with van der Waals surface area (Å²) in [7, 11) is 1.68. The first-order chi connectivity index (χ1) is 8.20. The number of piperidine rings is 1.